The third kappa shape index (κ3) is 31.3. The molecule has 0 aromatic heterocycles. The summed E-state index contributed by atoms with van der Waals surface area (Å²) >= 11 is 0. The number of esters is 2. The van der Waals surface area contributed by atoms with Crippen molar-refractivity contribution in [2.75, 3.05) is 26.4 Å². The smallest absolute Gasteiger partial charge is 0.462 e. The lowest BCUT2D eigenvalue weighted by molar-refractivity contribution is -0.161. The molecule has 0 bridgehead atoms. The number of phosphoric ester groups is 1. The van der Waals surface area contributed by atoms with Crippen LogP contribution in [0.15, 0.2) is 0 Å². The van der Waals surface area contributed by atoms with Gasteiger partial charge in [-0.05, 0) is 12.8 Å². The molecule has 0 rings (SSSR count). The quantitative estimate of drug-likeness (QED) is 0.0264. The van der Waals surface area contributed by atoms with Gasteiger partial charge in [0.1, 0.15) is 12.7 Å². The summed E-state index contributed by atoms with van der Waals surface area (Å²) < 4.78 is 39.7. The molecule has 0 saturated carbocycles. The maximum atomic E-state index is 12.5. The number of phosphoric acid groups is 1. The van der Waals surface area contributed by atoms with Gasteiger partial charge in [0.05, 0.1) is 21.2 Å². The first-order valence-corrected chi connectivity index (χ1v) is 19.3. The number of carbonyl (C=O) groups excluding carboxylic acids is 2. The zero-order valence-corrected chi connectivity index (χ0v) is 29.4. The highest BCUT2D eigenvalue weighted by Crippen LogP contribution is 2.43. The van der Waals surface area contributed by atoms with E-state index in [1.54, 1.807) is 0 Å². The van der Waals surface area contributed by atoms with E-state index >= 15 is 0 Å². The second-order valence-corrected chi connectivity index (χ2v) is 13.6. The van der Waals surface area contributed by atoms with Crippen LogP contribution in [0, 0.1) is 0 Å². The maximum Gasteiger partial charge on any atom is 0.472 e. The van der Waals surface area contributed by atoms with Crippen molar-refractivity contribution in [3.05, 3.63) is 0 Å². The van der Waals surface area contributed by atoms with Gasteiger partial charge in [0.2, 0.25) is 0 Å². The Kier molecular flexibility index (Phi) is 29.5. The molecule has 0 radical (unpaired) electrons. The molecule has 0 fully saturated rings. The van der Waals surface area contributed by atoms with Gasteiger partial charge in [0.25, 0.3) is 0 Å². The van der Waals surface area contributed by atoms with Crippen LogP contribution in [0.1, 0.15) is 169 Å². The predicted octanol–water partition coefficient (Wildman–Crippen LogP) is 8.33. The molecule has 0 aromatic rings. The first kappa shape index (κ1) is 42.0. The Labute approximate surface area is 275 Å². The second kappa shape index (κ2) is 31.6. The molecule has 268 valence electrons. The lowest BCUT2D eigenvalue weighted by atomic mass is 10.1. The largest absolute Gasteiger partial charge is 0.472 e. The van der Waals surface area contributed by atoms with E-state index in [9.17, 15) is 24.2 Å². The number of hydrogen-bond donors (Lipinski definition) is 3. The lowest BCUT2D eigenvalue weighted by Crippen LogP contribution is -2.29. The third-order valence-corrected chi connectivity index (χ3v) is 8.63. The van der Waals surface area contributed by atoms with Gasteiger partial charge in [0.15, 0.2) is 6.10 Å². The summed E-state index contributed by atoms with van der Waals surface area (Å²) in [7, 11) is -4.76. The van der Waals surface area contributed by atoms with Gasteiger partial charge in [-0.15, -0.1) is 0 Å². The highest BCUT2D eigenvalue weighted by Gasteiger charge is 2.27. The Hall–Kier alpha value is -1.03. The van der Waals surface area contributed by atoms with Crippen molar-refractivity contribution in [2.45, 2.75) is 180 Å². The molecule has 11 heteroatoms. The van der Waals surface area contributed by atoms with Gasteiger partial charge in [-0.25, -0.2) is 4.57 Å². The van der Waals surface area contributed by atoms with Crippen molar-refractivity contribution in [3.8, 4) is 0 Å². The zero-order chi connectivity index (χ0) is 34.4. The molecule has 0 heterocycles. The minimum Gasteiger partial charge on any atom is -0.462 e. The summed E-state index contributed by atoms with van der Waals surface area (Å²) in [4.78, 5) is 34.7. The van der Waals surface area contributed by atoms with Crippen molar-refractivity contribution in [1.29, 1.82) is 0 Å². The highest BCUT2D eigenvalue weighted by molar-refractivity contribution is 7.47. The summed E-state index contributed by atoms with van der Waals surface area (Å²) in [6.07, 6.45) is 22.1. The first-order chi connectivity index (χ1) is 22.0. The van der Waals surface area contributed by atoms with Crippen molar-refractivity contribution in [3.63, 3.8) is 0 Å². The third-order valence-electron chi connectivity index (χ3n) is 7.70. The van der Waals surface area contributed by atoms with E-state index in [4.69, 9.17) is 20.5 Å². The summed E-state index contributed by atoms with van der Waals surface area (Å²) in [5.41, 5.74) is 0. The number of carbonyl (C=O) groups is 2. The molecule has 3 atom stereocenters. The fourth-order valence-electron chi connectivity index (χ4n) is 4.90. The van der Waals surface area contributed by atoms with Gasteiger partial charge in [0, 0.05) is 12.8 Å². The number of unbranched alkanes of at least 4 members (excludes halogenated alkanes) is 20. The minimum absolute atomic E-state index is 0.163. The van der Waals surface area contributed by atoms with E-state index in [0.717, 1.165) is 38.5 Å². The molecule has 1 unspecified atom stereocenters. The molecule has 0 spiro atoms. The average Bonchev–Trinajstić information content (AvgIpc) is 3.03. The molecule has 3 N–H and O–H groups in total. The van der Waals surface area contributed by atoms with E-state index in [1.807, 2.05) is 0 Å². The molecule has 0 aliphatic carbocycles. The van der Waals surface area contributed by atoms with Crippen LogP contribution in [0.2, 0.25) is 0 Å². The fraction of sp³-hybridized carbons (Fsp3) is 0.941. The Morgan fingerprint density at radius 3 is 1.42 bits per heavy atom. The van der Waals surface area contributed by atoms with Crippen molar-refractivity contribution in [2.24, 2.45) is 0 Å². The van der Waals surface area contributed by atoms with Crippen LogP contribution >= 0.6 is 7.82 Å². The maximum absolute atomic E-state index is 12.5. The van der Waals surface area contributed by atoms with E-state index in [0.29, 0.717) is 12.8 Å². The van der Waals surface area contributed by atoms with Crippen molar-refractivity contribution in [1.82, 2.24) is 0 Å². The molecular weight excluding hydrogens is 602 g/mol. The molecular formula is C34H67O10P. The van der Waals surface area contributed by atoms with E-state index in [1.165, 1.54) is 89.9 Å². The number of hydrogen-bond acceptors (Lipinski definition) is 9. The molecule has 0 aliphatic rings. The van der Waals surface area contributed by atoms with Gasteiger partial charge >= 0.3 is 19.8 Å². The summed E-state index contributed by atoms with van der Waals surface area (Å²) in [6.45, 7) is 1.50. The lowest BCUT2D eigenvalue weighted by Gasteiger charge is -2.20. The van der Waals surface area contributed by atoms with Crippen molar-refractivity contribution >= 4 is 19.8 Å². The molecule has 0 aromatic carbocycles. The normalized spacial score (nSPS) is 15.2. The topological polar surface area (TPSA) is 149 Å². The van der Waals surface area contributed by atoms with E-state index in [2.05, 4.69) is 18.4 Å². The monoisotopic (exact) mass is 670 g/mol. The number of rotatable bonds is 34. The Morgan fingerprint density at radius 2 is 1.00 bits per heavy atom. The molecule has 0 saturated heterocycles. The van der Waals surface area contributed by atoms with Crippen LogP contribution < -0.4 is 0 Å². The van der Waals surface area contributed by atoms with Crippen LogP contribution in [0.4, 0.5) is 0 Å². The van der Waals surface area contributed by atoms with Crippen LogP contribution in [0.3, 0.4) is 0 Å². The van der Waals surface area contributed by atoms with Gasteiger partial charge in [-0.2, -0.15) is 0 Å². The molecule has 0 aliphatic heterocycles. The van der Waals surface area contributed by atoms with Crippen LogP contribution in [0.25, 0.3) is 0 Å². The van der Waals surface area contributed by atoms with Gasteiger partial charge in [-0.3, -0.25) is 18.6 Å². The summed E-state index contributed by atoms with van der Waals surface area (Å²) in [5, 5.41) is 18.4. The van der Waals surface area contributed by atoms with Crippen LogP contribution in [-0.2, 0) is 32.7 Å². The first-order valence-electron chi connectivity index (χ1n) is 18.4. The van der Waals surface area contributed by atoms with Crippen molar-refractivity contribution < 1.29 is 49.2 Å². The standard InChI is InChI=1S/C34H67O10P/c1-3-5-7-9-11-13-15-17-19-21-23-25-33(37)41-29-32(30-43-45(39,40)42-28-31(36)27-35)44-34(38)26-24-22-20-18-16-14-12-10-8-6-4-2/h31-32,35-36H,3-30H2,1-2H3,(H,39,40)/t31-,32+/m0/s1/i27+1,28+1,31+1D. The predicted molar refractivity (Wildman–Crippen MR) is 178 cm³/mol. The van der Waals surface area contributed by atoms with Gasteiger partial charge in [-0.1, -0.05) is 142 Å². The van der Waals surface area contributed by atoms with Gasteiger partial charge < -0.3 is 24.6 Å². The zero-order valence-electron chi connectivity index (χ0n) is 29.5. The SMILES string of the molecule is [2H][13C@](O)([13CH2]O)[13CH2]OP(=O)(O)OC[C@@H](COC(=O)CCCCCCCCCCCCC)OC(=O)CCCCCCCCCCCCC. The number of ether oxygens (including phenoxy) is 2. The summed E-state index contributed by atoms with van der Waals surface area (Å²) in [6, 6.07) is 0. The van der Waals surface area contributed by atoms with Crippen LogP contribution in [0.5, 0.6) is 0 Å². The Balaban J connectivity index is 4.47. The Bertz CT molecular complexity index is 783. The number of aliphatic hydroxyl groups is 2. The van der Waals surface area contributed by atoms with Crippen LogP contribution in [-0.4, -0.2) is 65.7 Å². The average molecular weight is 671 g/mol. The van der Waals surface area contributed by atoms with E-state index < -0.39 is 51.8 Å². The van der Waals surface area contributed by atoms with E-state index in [-0.39, 0.29) is 19.4 Å². The highest BCUT2D eigenvalue weighted by atomic mass is 31.2. The molecule has 0 amide bonds. The molecule has 10 nitrogen and oxygen atoms in total. The minimum atomic E-state index is -4.76. The second-order valence-electron chi connectivity index (χ2n) is 12.1. The summed E-state index contributed by atoms with van der Waals surface area (Å²) in [5.74, 6) is -0.978. The Morgan fingerprint density at radius 1 is 0.622 bits per heavy atom. The number of aliphatic hydroxyl groups excluding tert-OH is 1. The fourth-order valence-corrected chi connectivity index (χ4v) is 5.64. The molecule has 45 heavy (non-hydrogen) atoms.